The Balaban J connectivity index is 1.90. The molecule has 0 radical (unpaired) electrons. The predicted molar refractivity (Wildman–Crippen MR) is 52.8 cm³/mol. The van der Waals surface area contributed by atoms with Gasteiger partial charge in [0.1, 0.15) is 5.75 Å². The molecule has 1 saturated heterocycles. The van der Waals surface area contributed by atoms with E-state index in [0.29, 0.717) is 18.3 Å². The van der Waals surface area contributed by atoms with Crippen LogP contribution in [0.3, 0.4) is 0 Å². The molecule has 1 aromatic rings. The van der Waals surface area contributed by atoms with Gasteiger partial charge in [-0.1, -0.05) is 0 Å². The van der Waals surface area contributed by atoms with Crippen molar-refractivity contribution in [2.75, 3.05) is 19.7 Å². The number of halogens is 2. The van der Waals surface area contributed by atoms with E-state index in [9.17, 15) is 8.78 Å². The molecule has 1 aliphatic heterocycles. The van der Waals surface area contributed by atoms with Crippen molar-refractivity contribution in [3.8, 4) is 5.75 Å². The molecule has 2 rings (SSSR count). The van der Waals surface area contributed by atoms with E-state index < -0.39 is 11.6 Å². The molecule has 1 aromatic carbocycles. The van der Waals surface area contributed by atoms with Gasteiger partial charge in [-0.05, 0) is 25.1 Å². The molecule has 1 heterocycles. The highest BCUT2D eigenvalue weighted by Gasteiger charge is 2.15. The summed E-state index contributed by atoms with van der Waals surface area (Å²) in [5.41, 5.74) is 0. The van der Waals surface area contributed by atoms with Gasteiger partial charge in [0.05, 0.1) is 6.61 Å². The Bertz CT molecular complexity index is 337. The van der Waals surface area contributed by atoms with Gasteiger partial charge in [0.25, 0.3) is 0 Å². The van der Waals surface area contributed by atoms with Gasteiger partial charge in [0.2, 0.25) is 0 Å². The smallest absolute Gasteiger partial charge is 0.162 e. The lowest BCUT2D eigenvalue weighted by molar-refractivity contribution is 0.258. The average Bonchev–Trinajstić information content (AvgIpc) is 2.73. The zero-order valence-corrected chi connectivity index (χ0v) is 8.30. The van der Waals surface area contributed by atoms with Crippen LogP contribution in [-0.4, -0.2) is 19.7 Å². The Morgan fingerprint density at radius 2 is 2.20 bits per heavy atom. The first kappa shape index (κ1) is 10.4. The molecule has 0 saturated carbocycles. The van der Waals surface area contributed by atoms with E-state index >= 15 is 0 Å². The van der Waals surface area contributed by atoms with Crippen molar-refractivity contribution in [1.82, 2.24) is 5.32 Å². The highest BCUT2D eigenvalue weighted by molar-refractivity contribution is 5.23. The minimum atomic E-state index is -0.864. The first-order valence-electron chi connectivity index (χ1n) is 5.04. The van der Waals surface area contributed by atoms with Crippen LogP contribution in [0, 0.1) is 17.6 Å². The third kappa shape index (κ3) is 2.65. The Morgan fingerprint density at radius 1 is 1.33 bits per heavy atom. The molecule has 1 atom stereocenters. The molecule has 1 aliphatic rings. The van der Waals surface area contributed by atoms with Gasteiger partial charge in [0, 0.05) is 18.5 Å². The van der Waals surface area contributed by atoms with Crippen molar-refractivity contribution in [3.63, 3.8) is 0 Å². The summed E-state index contributed by atoms with van der Waals surface area (Å²) >= 11 is 0. The fourth-order valence-corrected chi connectivity index (χ4v) is 1.64. The summed E-state index contributed by atoms with van der Waals surface area (Å²) in [5.74, 6) is -0.846. The minimum absolute atomic E-state index is 0.390. The van der Waals surface area contributed by atoms with E-state index in [0.717, 1.165) is 31.6 Å². The highest BCUT2D eigenvalue weighted by atomic mass is 19.2. The summed E-state index contributed by atoms with van der Waals surface area (Å²) in [6.45, 7) is 2.49. The van der Waals surface area contributed by atoms with Crippen molar-refractivity contribution >= 4 is 0 Å². The largest absolute Gasteiger partial charge is 0.493 e. The quantitative estimate of drug-likeness (QED) is 0.828. The van der Waals surface area contributed by atoms with Gasteiger partial charge in [-0.25, -0.2) is 8.78 Å². The molecule has 15 heavy (non-hydrogen) atoms. The van der Waals surface area contributed by atoms with Crippen molar-refractivity contribution in [2.24, 2.45) is 5.92 Å². The molecule has 0 unspecified atom stereocenters. The van der Waals surface area contributed by atoms with E-state index in [1.54, 1.807) is 0 Å². The second-order valence-electron chi connectivity index (χ2n) is 3.75. The van der Waals surface area contributed by atoms with Crippen LogP contribution in [0.25, 0.3) is 0 Å². The van der Waals surface area contributed by atoms with Crippen LogP contribution in [0.15, 0.2) is 18.2 Å². The van der Waals surface area contributed by atoms with Crippen molar-refractivity contribution in [2.45, 2.75) is 6.42 Å². The van der Waals surface area contributed by atoms with Crippen LogP contribution in [-0.2, 0) is 0 Å². The summed E-state index contributed by atoms with van der Waals surface area (Å²) in [6, 6.07) is 3.61. The lowest BCUT2D eigenvalue weighted by atomic mass is 10.1. The normalized spacial score (nSPS) is 20.5. The molecule has 0 bridgehead atoms. The topological polar surface area (TPSA) is 21.3 Å². The molecule has 0 amide bonds. The zero-order valence-electron chi connectivity index (χ0n) is 8.30. The summed E-state index contributed by atoms with van der Waals surface area (Å²) < 4.78 is 30.8. The van der Waals surface area contributed by atoms with Gasteiger partial charge in [-0.2, -0.15) is 0 Å². The van der Waals surface area contributed by atoms with Gasteiger partial charge in [-0.15, -0.1) is 0 Å². The van der Waals surface area contributed by atoms with Crippen molar-refractivity contribution < 1.29 is 13.5 Å². The van der Waals surface area contributed by atoms with E-state index in [1.165, 1.54) is 6.07 Å². The molecular formula is C11H13F2NO. The summed E-state index contributed by atoms with van der Waals surface area (Å²) in [5, 5.41) is 3.22. The van der Waals surface area contributed by atoms with Crippen LogP contribution < -0.4 is 10.1 Å². The second kappa shape index (κ2) is 4.57. The molecule has 2 nitrogen and oxygen atoms in total. The maximum atomic E-state index is 12.8. The molecule has 1 fully saturated rings. The molecule has 0 aromatic heterocycles. The Morgan fingerprint density at radius 3 is 2.87 bits per heavy atom. The van der Waals surface area contributed by atoms with Crippen molar-refractivity contribution in [3.05, 3.63) is 29.8 Å². The predicted octanol–water partition coefficient (Wildman–Crippen LogP) is 1.95. The molecule has 82 valence electrons. The lowest BCUT2D eigenvalue weighted by Crippen LogP contribution is -2.15. The summed E-state index contributed by atoms with van der Waals surface area (Å²) in [6.07, 6.45) is 1.07. The summed E-state index contributed by atoms with van der Waals surface area (Å²) in [7, 11) is 0. The van der Waals surface area contributed by atoms with Gasteiger partial charge >= 0.3 is 0 Å². The number of rotatable bonds is 3. The van der Waals surface area contributed by atoms with Crippen LogP contribution in [0.5, 0.6) is 5.75 Å². The number of ether oxygens (including phenoxy) is 1. The highest BCUT2D eigenvalue weighted by Crippen LogP contribution is 2.17. The number of hydrogen-bond acceptors (Lipinski definition) is 2. The van der Waals surface area contributed by atoms with Crippen LogP contribution in [0.4, 0.5) is 8.78 Å². The Kier molecular flexibility index (Phi) is 3.16. The molecule has 4 heteroatoms. The zero-order chi connectivity index (χ0) is 10.7. The summed E-state index contributed by atoms with van der Waals surface area (Å²) in [4.78, 5) is 0. The van der Waals surface area contributed by atoms with E-state index in [4.69, 9.17) is 4.74 Å². The van der Waals surface area contributed by atoms with Crippen LogP contribution in [0.1, 0.15) is 6.42 Å². The standard InChI is InChI=1S/C11H13F2NO/c12-10-2-1-9(5-11(10)13)15-7-8-3-4-14-6-8/h1-2,5,8,14H,3-4,6-7H2/t8-/m1/s1. The molecule has 0 aliphatic carbocycles. The number of hydrogen-bond donors (Lipinski definition) is 1. The monoisotopic (exact) mass is 213 g/mol. The maximum absolute atomic E-state index is 12.8. The first-order chi connectivity index (χ1) is 7.25. The Hall–Kier alpha value is -1.16. The Labute approximate surface area is 87.2 Å². The van der Waals surface area contributed by atoms with Gasteiger partial charge in [0.15, 0.2) is 11.6 Å². The van der Waals surface area contributed by atoms with Gasteiger partial charge < -0.3 is 10.1 Å². The van der Waals surface area contributed by atoms with E-state index in [2.05, 4.69) is 5.32 Å². The minimum Gasteiger partial charge on any atom is -0.493 e. The second-order valence-corrected chi connectivity index (χ2v) is 3.75. The maximum Gasteiger partial charge on any atom is 0.162 e. The fraction of sp³-hybridized carbons (Fsp3) is 0.455. The first-order valence-corrected chi connectivity index (χ1v) is 5.04. The SMILES string of the molecule is Fc1ccc(OC[C@@H]2CCNC2)cc1F. The third-order valence-corrected chi connectivity index (χ3v) is 2.54. The van der Waals surface area contributed by atoms with Gasteiger partial charge in [-0.3, -0.25) is 0 Å². The van der Waals surface area contributed by atoms with E-state index in [1.807, 2.05) is 0 Å². The molecule has 0 spiro atoms. The van der Waals surface area contributed by atoms with Crippen LogP contribution >= 0.6 is 0 Å². The van der Waals surface area contributed by atoms with Crippen molar-refractivity contribution in [1.29, 1.82) is 0 Å². The number of benzene rings is 1. The molecular weight excluding hydrogens is 200 g/mol. The average molecular weight is 213 g/mol. The molecule has 1 N–H and O–H groups in total. The lowest BCUT2D eigenvalue weighted by Gasteiger charge is -2.10. The third-order valence-electron chi connectivity index (χ3n) is 2.54. The van der Waals surface area contributed by atoms with E-state index in [-0.39, 0.29) is 0 Å². The fourth-order valence-electron chi connectivity index (χ4n) is 1.64. The number of nitrogens with one attached hydrogen (secondary N) is 1. The van der Waals surface area contributed by atoms with Crippen LogP contribution in [0.2, 0.25) is 0 Å².